The van der Waals surface area contributed by atoms with Crippen molar-refractivity contribution in [3.05, 3.63) is 11.8 Å². The molecule has 0 saturated carbocycles. The minimum Gasteiger partial charge on any atom is -0.368 e. The number of nitrogens with two attached hydrogens (primary N) is 2. The zero-order valence-electron chi connectivity index (χ0n) is 11.8. The van der Waals surface area contributed by atoms with Crippen LogP contribution in [-0.4, -0.2) is 54.6 Å². The standard InChI is InChI=1S/C13H24N6/c1-18-7-4-11(5-8-18)19(2)12-10(3-6-14)9-16-13(15)17-12/h9,11H,3-8,14H2,1-2H3,(H2,15,16,17). The van der Waals surface area contributed by atoms with Crippen molar-refractivity contribution in [3.8, 4) is 0 Å². The molecule has 0 unspecified atom stereocenters. The van der Waals surface area contributed by atoms with Gasteiger partial charge < -0.3 is 21.3 Å². The first-order valence-corrected chi connectivity index (χ1v) is 6.84. The van der Waals surface area contributed by atoms with Crippen LogP contribution in [0.25, 0.3) is 0 Å². The summed E-state index contributed by atoms with van der Waals surface area (Å²) in [4.78, 5) is 13.1. The molecule has 2 heterocycles. The number of rotatable bonds is 4. The molecule has 2 rings (SSSR count). The van der Waals surface area contributed by atoms with Gasteiger partial charge in [0.2, 0.25) is 5.95 Å². The van der Waals surface area contributed by atoms with E-state index in [0.29, 0.717) is 18.5 Å². The van der Waals surface area contributed by atoms with E-state index in [1.807, 2.05) is 0 Å². The molecule has 0 atom stereocenters. The molecule has 0 aliphatic carbocycles. The minimum atomic E-state index is 0.329. The second kappa shape index (κ2) is 6.16. The molecule has 0 bridgehead atoms. The van der Waals surface area contributed by atoms with Crippen LogP contribution in [0, 0.1) is 0 Å². The molecule has 0 aromatic carbocycles. The van der Waals surface area contributed by atoms with E-state index in [4.69, 9.17) is 11.5 Å². The quantitative estimate of drug-likeness (QED) is 0.802. The lowest BCUT2D eigenvalue weighted by Crippen LogP contribution is -2.42. The van der Waals surface area contributed by atoms with Crippen LogP contribution in [0.15, 0.2) is 6.20 Å². The molecule has 1 saturated heterocycles. The molecule has 6 nitrogen and oxygen atoms in total. The number of anilines is 2. The first-order valence-electron chi connectivity index (χ1n) is 6.84. The summed E-state index contributed by atoms with van der Waals surface area (Å²) in [5.74, 6) is 1.27. The summed E-state index contributed by atoms with van der Waals surface area (Å²) in [6.07, 6.45) is 4.89. The van der Waals surface area contributed by atoms with E-state index in [9.17, 15) is 0 Å². The number of hydrogen-bond acceptors (Lipinski definition) is 6. The fourth-order valence-corrected chi connectivity index (χ4v) is 2.60. The van der Waals surface area contributed by atoms with Crippen molar-refractivity contribution < 1.29 is 0 Å². The number of likely N-dealkylation sites (tertiary alicyclic amines) is 1. The molecule has 1 aromatic heterocycles. The van der Waals surface area contributed by atoms with Gasteiger partial charge in [0, 0.05) is 24.8 Å². The number of nitrogen functional groups attached to an aromatic ring is 1. The van der Waals surface area contributed by atoms with E-state index in [-0.39, 0.29) is 0 Å². The second-order valence-corrected chi connectivity index (χ2v) is 5.26. The molecule has 0 spiro atoms. The summed E-state index contributed by atoms with van der Waals surface area (Å²) in [7, 11) is 4.26. The van der Waals surface area contributed by atoms with E-state index in [1.165, 1.54) is 0 Å². The summed E-state index contributed by atoms with van der Waals surface area (Å²) in [5.41, 5.74) is 12.5. The number of piperidine rings is 1. The maximum atomic E-state index is 5.72. The highest BCUT2D eigenvalue weighted by molar-refractivity contribution is 5.49. The van der Waals surface area contributed by atoms with Crippen molar-refractivity contribution in [1.29, 1.82) is 0 Å². The van der Waals surface area contributed by atoms with Crippen molar-refractivity contribution in [3.63, 3.8) is 0 Å². The first-order chi connectivity index (χ1) is 9.11. The summed E-state index contributed by atoms with van der Waals surface area (Å²) in [5, 5.41) is 0. The van der Waals surface area contributed by atoms with Gasteiger partial charge in [-0.25, -0.2) is 4.98 Å². The largest absolute Gasteiger partial charge is 0.368 e. The summed E-state index contributed by atoms with van der Waals surface area (Å²) in [6.45, 7) is 2.85. The maximum Gasteiger partial charge on any atom is 0.221 e. The van der Waals surface area contributed by atoms with Gasteiger partial charge in [0.25, 0.3) is 0 Å². The lowest BCUT2D eigenvalue weighted by atomic mass is 10.0. The zero-order chi connectivity index (χ0) is 13.8. The molecule has 0 amide bonds. The summed E-state index contributed by atoms with van der Waals surface area (Å²) >= 11 is 0. The van der Waals surface area contributed by atoms with Crippen molar-refractivity contribution in [2.24, 2.45) is 5.73 Å². The molecule has 1 aliphatic rings. The van der Waals surface area contributed by atoms with E-state index in [1.54, 1.807) is 6.20 Å². The molecule has 1 aliphatic heterocycles. The van der Waals surface area contributed by atoms with Crippen LogP contribution < -0.4 is 16.4 Å². The molecule has 4 N–H and O–H groups in total. The fourth-order valence-electron chi connectivity index (χ4n) is 2.60. The minimum absolute atomic E-state index is 0.329. The van der Waals surface area contributed by atoms with Gasteiger partial charge >= 0.3 is 0 Å². The van der Waals surface area contributed by atoms with Crippen LogP contribution in [0.5, 0.6) is 0 Å². The Hall–Kier alpha value is -1.40. The number of aromatic nitrogens is 2. The Morgan fingerprint density at radius 2 is 2.11 bits per heavy atom. The molecule has 106 valence electrons. The predicted molar refractivity (Wildman–Crippen MR) is 78.1 cm³/mol. The van der Waals surface area contributed by atoms with Gasteiger partial charge in [-0.05, 0) is 45.9 Å². The van der Waals surface area contributed by atoms with E-state index >= 15 is 0 Å². The lowest BCUT2D eigenvalue weighted by Gasteiger charge is -2.36. The highest BCUT2D eigenvalue weighted by Gasteiger charge is 2.23. The van der Waals surface area contributed by atoms with Crippen molar-refractivity contribution in [1.82, 2.24) is 14.9 Å². The van der Waals surface area contributed by atoms with E-state index in [0.717, 1.165) is 43.7 Å². The van der Waals surface area contributed by atoms with Crippen LogP contribution in [-0.2, 0) is 6.42 Å². The Kier molecular flexibility index (Phi) is 4.55. The smallest absolute Gasteiger partial charge is 0.221 e. The average Bonchev–Trinajstić information content (AvgIpc) is 2.41. The van der Waals surface area contributed by atoms with Crippen molar-refractivity contribution >= 4 is 11.8 Å². The number of nitrogens with zero attached hydrogens (tertiary/aromatic N) is 4. The first kappa shape index (κ1) is 14.0. The highest BCUT2D eigenvalue weighted by Crippen LogP contribution is 2.23. The Morgan fingerprint density at radius 3 is 2.74 bits per heavy atom. The molecule has 6 heteroatoms. The maximum absolute atomic E-state index is 5.72. The van der Waals surface area contributed by atoms with Gasteiger partial charge in [-0.1, -0.05) is 0 Å². The topological polar surface area (TPSA) is 84.3 Å². The fraction of sp³-hybridized carbons (Fsp3) is 0.692. The molecule has 1 fully saturated rings. The molecule has 0 radical (unpaired) electrons. The van der Waals surface area contributed by atoms with E-state index < -0.39 is 0 Å². The van der Waals surface area contributed by atoms with Gasteiger partial charge in [0.1, 0.15) is 5.82 Å². The Labute approximate surface area is 114 Å². The van der Waals surface area contributed by atoms with Crippen LogP contribution in [0.2, 0.25) is 0 Å². The Bertz CT molecular complexity index is 414. The van der Waals surface area contributed by atoms with Crippen LogP contribution >= 0.6 is 0 Å². The predicted octanol–water partition coefficient (Wildman–Crippen LogP) is 0.0904. The lowest BCUT2D eigenvalue weighted by molar-refractivity contribution is 0.252. The monoisotopic (exact) mass is 264 g/mol. The van der Waals surface area contributed by atoms with Gasteiger partial charge in [0.15, 0.2) is 0 Å². The molecule has 1 aromatic rings. The van der Waals surface area contributed by atoms with Gasteiger partial charge in [-0.15, -0.1) is 0 Å². The third-order valence-corrected chi connectivity index (χ3v) is 3.84. The zero-order valence-corrected chi connectivity index (χ0v) is 11.8. The van der Waals surface area contributed by atoms with Crippen molar-refractivity contribution in [2.45, 2.75) is 25.3 Å². The normalized spacial score (nSPS) is 17.6. The average molecular weight is 264 g/mol. The van der Waals surface area contributed by atoms with Crippen LogP contribution in [0.3, 0.4) is 0 Å². The highest BCUT2D eigenvalue weighted by atomic mass is 15.2. The van der Waals surface area contributed by atoms with Crippen molar-refractivity contribution in [2.75, 3.05) is 44.4 Å². The molecular formula is C13H24N6. The second-order valence-electron chi connectivity index (χ2n) is 5.26. The summed E-state index contributed by atoms with van der Waals surface area (Å²) < 4.78 is 0. The van der Waals surface area contributed by atoms with E-state index in [2.05, 4.69) is 33.9 Å². The van der Waals surface area contributed by atoms with Gasteiger partial charge in [-0.2, -0.15) is 4.98 Å². The Morgan fingerprint density at radius 1 is 1.42 bits per heavy atom. The third kappa shape index (κ3) is 3.33. The number of hydrogen-bond donors (Lipinski definition) is 2. The SMILES string of the molecule is CN1CCC(N(C)c2nc(N)ncc2CCN)CC1. The van der Waals surface area contributed by atoms with Gasteiger partial charge in [0.05, 0.1) is 0 Å². The third-order valence-electron chi connectivity index (χ3n) is 3.84. The van der Waals surface area contributed by atoms with Gasteiger partial charge in [-0.3, -0.25) is 0 Å². The molecular weight excluding hydrogens is 240 g/mol. The summed E-state index contributed by atoms with van der Waals surface area (Å²) in [6, 6.07) is 0.516. The van der Waals surface area contributed by atoms with Crippen LogP contribution in [0.4, 0.5) is 11.8 Å². The Balaban J connectivity index is 2.17. The molecule has 19 heavy (non-hydrogen) atoms. The van der Waals surface area contributed by atoms with Crippen LogP contribution in [0.1, 0.15) is 18.4 Å².